The molecular weight excluding hydrogens is 358 g/mol. The first kappa shape index (κ1) is 15.2. The summed E-state index contributed by atoms with van der Waals surface area (Å²) in [4.78, 5) is 26.6. The number of carbonyl (C=O) groups excluding carboxylic acids is 1. The molecule has 0 saturated heterocycles. The van der Waals surface area contributed by atoms with Gasteiger partial charge in [-0.3, -0.25) is 9.59 Å². The Hall–Kier alpha value is -2.73. The van der Waals surface area contributed by atoms with Gasteiger partial charge in [-0.15, -0.1) is 0 Å². The van der Waals surface area contributed by atoms with Gasteiger partial charge in [0.1, 0.15) is 0 Å². The number of pyridine rings is 1. The monoisotopic (exact) mass is 369 g/mol. The van der Waals surface area contributed by atoms with Crippen LogP contribution in [0.1, 0.15) is 15.9 Å². The van der Waals surface area contributed by atoms with E-state index in [1.807, 2.05) is 30.3 Å². The van der Waals surface area contributed by atoms with Crippen LogP contribution in [-0.2, 0) is 0 Å². The molecule has 6 heteroatoms. The summed E-state index contributed by atoms with van der Waals surface area (Å²) in [6.45, 7) is 0. The van der Waals surface area contributed by atoms with Crippen molar-refractivity contribution in [1.29, 1.82) is 0 Å². The van der Waals surface area contributed by atoms with Crippen LogP contribution in [0.3, 0.4) is 0 Å². The number of benzene rings is 2. The van der Waals surface area contributed by atoms with Gasteiger partial charge in [-0.2, -0.15) is 5.10 Å². The molecule has 0 saturated carbocycles. The number of H-pyrrole nitrogens is 1. The van der Waals surface area contributed by atoms with Crippen molar-refractivity contribution in [3.05, 3.63) is 80.6 Å². The van der Waals surface area contributed by atoms with E-state index in [2.05, 4.69) is 31.4 Å². The van der Waals surface area contributed by atoms with Gasteiger partial charge in [-0.05, 0) is 23.8 Å². The third kappa shape index (κ3) is 3.54. The molecule has 0 aliphatic rings. The Bertz CT molecular complexity index is 946. The maximum absolute atomic E-state index is 12.3. The van der Waals surface area contributed by atoms with Crippen molar-refractivity contribution in [3.8, 4) is 0 Å². The number of rotatable bonds is 3. The second kappa shape index (κ2) is 6.58. The van der Waals surface area contributed by atoms with Crippen molar-refractivity contribution in [1.82, 2.24) is 10.4 Å². The first-order valence-electron chi connectivity index (χ1n) is 6.84. The van der Waals surface area contributed by atoms with Crippen molar-refractivity contribution in [2.24, 2.45) is 5.10 Å². The number of para-hydroxylation sites is 1. The molecule has 0 fully saturated rings. The first-order valence-corrected chi connectivity index (χ1v) is 7.64. The fourth-order valence-electron chi connectivity index (χ4n) is 2.17. The van der Waals surface area contributed by atoms with Crippen LogP contribution in [0, 0.1) is 0 Å². The summed E-state index contributed by atoms with van der Waals surface area (Å²) in [5.74, 6) is -0.430. The Balaban J connectivity index is 1.83. The predicted octanol–water partition coefficient (Wildman–Crippen LogP) is 3.05. The predicted molar refractivity (Wildman–Crippen MR) is 93.8 cm³/mol. The fourth-order valence-corrected chi connectivity index (χ4v) is 2.43. The van der Waals surface area contributed by atoms with E-state index in [0.29, 0.717) is 10.9 Å². The van der Waals surface area contributed by atoms with E-state index in [-0.39, 0.29) is 11.1 Å². The molecular formula is C17H12BrN3O2. The van der Waals surface area contributed by atoms with Gasteiger partial charge in [0.05, 0.1) is 11.8 Å². The van der Waals surface area contributed by atoms with Crippen molar-refractivity contribution in [2.75, 3.05) is 0 Å². The topological polar surface area (TPSA) is 74.3 Å². The second-order valence-corrected chi connectivity index (χ2v) is 5.76. The Morgan fingerprint density at radius 1 is 1.13 bits per heavy atom. The summed E-state index contributed by atoms with van der Waals surface area (Å²) >= 11 is 3.35. The molecule has 114 valence electrons. The maximum atomic E-state index is 12.3. The number of carbonyl (C=O) groups is 1. The molecule has 1 aromatic heterocycles. The van der Waals surface area contributed by atoms with E-state index in [0.717, 1.165) is 10.0 Å². The number of fused-ring (bicyclic) bond motifs is 1. The van der Waals surface area contributed by atoms with Gasteiger partial charge in [0, 0.05) is 21.4 Å². The van der Waals surface area contributed by atoms with Gasteiger partial charge in [-0.25, -0.2) is 5.43 Å². The number of hydrogen-bond donors (Lipinski definition) is 2. The highest BCUT2D eigenvalue weighted by atomic mass is 79.9. The molecule has 0 aliphatic carbocycles. The summed E-state index contributed by atoms with van der Waals surface area (Å²) in [6.07, 6.45) is 1.54. The van der Waals surface area contributed by atoms with Gasteiger partial charge in [0.15, 0.2) is 0 Å². The third-order valence-electron chi connectivity index (χ3n) is 3.24. The number of hydrazone groups is 1. The number of hydrogen-bond acceptors (Lipinski definition) is 3. The lowest BCUT2D eigenvalue weighted by molar-refractivity contribution is 0.0956. The molecule has 2 aromatic carbocycles. The van der Waals surface area contributed by atoms with Crippen LogP contribution in [-0.4, -0.2) is 17.1 Å². The van der Waals surface area contributed by atoms with Crippen LogP contribution in [0.25, 0.3) is 10.9 Å². The number of aromatic amines is 1. The lowest BCUT2D eigenvalue weighted by atomic mass is 10.1. The first-order chi connectivity index (χ1) is 11.1. The Morgan fingerprint density at radius 2 is 1.87 bits per heavy atom. The second-order valence-electron chi connectivity index (χ2n) is 4.84. The fraction of sp³-hybridized carbons (Fsp3) is 0. The van der Waals surface area contributed by atoms with E-state index < -0.39 is 5.91 Å². The van der Waals surface area contributed by atoms with Gasteiger partial charge < -0.3 is 4.98 Å². The molecule has 3 rings (SSSR count). The standard InChI is InChI=1S/C17H12BrN3O2/c18-12-7-5-11(6-8-12)10-19-21-17(23)14-9-16(22)20-15-4-2-1-3-13(14)15/h1-10H,(H,20,22)(H,21,23)/b19-10-. The van der Waals surface area contributed by atoms with Crippen molar-refractivity contribution < 1.29 is 4.79 Å². The Labute approximate surface area is 140 Å². The summed E-state index contributed by atoms with van der Waals surface area (Å²) in [6, 6.07) is 15.9. The number of nitrogens with zero attached hydrogens (tertiary/aromatic N) is 1. The quantitative estimate of drug-likeness (QED) is 0.549. The Morgan fingerprint density at radius 3 is 2.65 bits per heavy atom. The number of halogens is 1. The third-order valence-corrected chi connectivity index (χ3v) is 3.77. The highest BCUT2D eigenvalue weighted by Crippen LogP contribution is 2.14. The highest BCUT2D eigenvalue weighted by molar-refractivity contribution is 9.10. The Kier molecular flexibility index (Phi) is 4.34. The SMILES string of the molecule is O=C(N/N=C\c1ccc(Br)cc1)c1cc(=O)[nH]c2ccccc12. The van der Waals surface area contributed by atoms with Gasteiger partial charge in [-0.1, -0.05) is 46.3 Å². The maximum Gasteiger partial charge on any atom is 0.272 e. The molecule has 0 radical (unpaired) electrons. The molecule has 0 aliphatic heterocycles. The van der Waals surface area contributed by atoms with Gasteiger partial charge in [0.2, 0.25) is 5.56 Å². The molecule has 23 heavy (non-hydrogen) atoms. The molecule has 1 amide bonds. The summed E-state index contributed by atoms with van der Waals surface area (Å²) in [7, 11) is 0. The van der Waals surface area contributed by atoms with Crippen molar-refractivity contribution >= 4 is 39.0 Å². The van der Waals surface area contributed by atoms with Crippen LogP contribution >= 0.6 is 15.9 Å². The molecule has 0 spiro atoms. The van der Waals surface area contributed by atoms with E-state index in [1.165, 1.54) is 6.07 Å². The normalized spacial score (nSPS) is 11.0. The number of nitrogens with one attached hydrogen (secondary N) is 2. The summed E-state index contributed by atoms with van der Waals surface area (Å²) < 4.78 is 0.966. The molecule has 5 nitrogen and oxygen atoms in total. The van der Waals surface area contributed by atoms with Crippen LogP contribution in [0.4, 0.5) is 0 Å². The molecule has 0 bridgehead atoms. The molecule has 3 aromatic rings. The van der Waals surface area contributed by atoms with E-state index in [4.69, 9.17) is 0 Å². The smallest absolute Gasteiger partial charge is 0.272 e. The zero-order chi connectivity index (χ0) is 16.2. The average Bonchev–Trinajstić information content (AvgIpc) is 2.55. The number of amides is 1. The van der Waals surface area contributed by atoms with Gasteiger partial charge in [0.25, 0.3) is 5.91 Å². The highest BCUT2D eigenvalue weighted by Gasteiger charge is 2.10. The number of aromatic nitrogens is 1. The minimum Gasteiger partial charge on any atom is -0.322 e. The minimum atomic E-state index is -0.430. The molecule has 0 unspecified atom stereocenters. The van der Waals surface area contributed by atoms with E-state index in [9.17, 15) is 9.59 Å². The van der Waals surface area contributed by atoms with Crippen molar-refractivity contribution in [3.63, 3.8) is 0 Å². The van der Waals surface area contributed by atoms with Crippen molar-refractivity contribution in [2.45, 2.75) is 0 Å². The lowest BCUT2D eigenvalue weighted by Crippen LogP contribution is -2.20. The van der Waals surface area contributed by atoms with E-state index in [1.54, 1.807) is 24.4 Å². The van der Waals surface area contributed by atoms with Crippen LogP contribution in [0.5, 0.6) is 0 Å². The largest absolute Gasteiger partial charge is 0.322 e. The zero-order valence-electron chi connectivity index (χ0n) is 11.9. The van der Waals surface area contributed by atoms with Gasteiger partial charge >= 0.3 is 0 Å². The van der Waals surface area contributed by atoms with Crippen LogP contribution < -0.4 is 11.0 Å². The lowest BCUT2D eigenvalue weighted by Gasteiger charge is -2.04. The molecule has 2 N–H and O–H groups in total. The summed E-state index contributed by atoms with van der Waals surface area (Å²) in [5, 5.41) is 4.60. The molecule has 1 heterocycles. The van der Waals surface area contributed by atoms with E-state index >= 15 is 0 Å². The van der Waals surface area contributed by atoms with Crippen LogP contribution in [0.15, 0.2) is 69.0 Å². The molecule has 0 atom stereocenters. The average molecular weight is 370 g/mol. The summed E-state index contributed by atoms with van der Waals surface area (Å²) in [5.41, 5.74) is 3.87. The zero-order valence-corrected chi connectivity index (χ0v) is 13.5. The van der Waals surface area contributed by atoms with Crippen LogP contribution in [0.2, 0.25) is 0 Å². The minimum absolute atomic E-state index is 0.289.